The summed E-state index contributed by atoms with van der Waals surface area (Å²) in [5.41, 5.74) is 2.21. The highest BCUT2D eigenvalue weighted by Gasteiger charge is 2.60. The summed E-state index contributed by atoms with van der Waals surface area (Å²) in [6.45, 7) is 13.5. The Bertz CT molecular complexity index is 536. The number of fused-ring (bicyclic) bond motifs is 5. The lowest BCUT2D eigenvalue weighted by Crippen LogP contribution is -2.54. The van der Waals surface area contributed by atoms with Crippen LogP contribution in [-0.4, -0.2) is 11.2 Å². The molecule has 0 spiro atoms. The Morgan fingerprint density at radius 2 is 1.83 bits per heavy atom. The van der Waals surface area contributed by atoms with E-state index in [-0.39, 0.29) is 6.10 Å². The van der Waals surface area contributed by atoms with Gasteiger partial charge in [-0.3, -0.25) is 0 Å². The predicted molar refractivity (Wildman–Crippen MR) is 101 cm³/mol. The van der Waals surface area contributed by atoms with Crippen LogP contribution in [0.2, 0.25) is 0 Å². The second-order valence-corrected chi connectivity index (χ2v) is 9.92. The number of aliphatic hydroxyl groups excluding tert-OH is 1. The zero-order chi connectivity index (χ0) is 17.1. The molecule has 4 saturated carbocycles. The van der Waals surface area contributed by atoms with E-state index in [9.17, 15) is 5.11 Å². The molecule has 24 heavy (non-hydrogen) atoms. The molecule has 0 unspecified atom stereocenters. The van der Waals surface area contributed by atoms with Gasteiger partial charge in [0.2, 0.25) is 0 Å². The fourth-order valence-electron chi connectivity index (χ4n) is 8.06. The van der Waals surface area contributed by atoms with Gasteiger partial charge in [0.25, 0.3) is 0 Å². The standard InChI is InChI=1S/C23H36O/c1-5-23-13-11-20-18(21(23)9-8-19(23)15(2)3)7-6-16-14-17(24)10-12-22(16,20)4/h5,16-21,24H,1-2,6-14H2,3-4H3/t16-,17+,18+,19+,20-,21-,22-,23+/m0/s1. The van der Waals surface area contributed by atoms with Crippen molar-refractivity contribution in [2.24, 2.45) is 40.4 Å². The maximum absolute atomic E-state index is 10.2. The van der Waals surface area contributed by atoms with Gasteiger partial charge in [-0.05, 0) is 105 Å². The van der Waals surface area contributed by atoms with Crippen LogP contribution in [0.5, 0.6) is 0 Å². The van der Waals surface area contributed by atoms with Crippen molar-refractivity contribution >= 4 is 0 Å². The Morgan fingerprint density at radius 1 is 1.04 bits per heavy atom. The van der Waals surface area contributed by atoms with Crippen molar-refractivity contribution in [3.63, 3.8) is 0 Å². The first-order valence-corrected chi connectivity index (χ1v) is 10.4. The second kappa shape index (κ2) is 5.73. The van der Waals surface area contributed by atoms with Crippen LogP contribution in [0.15, 0.2) is 24.8 Å². The highest BCUT2D eigenvalue weighted by Crippen LogP contribution is 2.68. The van der Waals surface area contributed by atoms with Gasteiger partial charge in [-0.2, -0.15) is 0 Å². The molecule has 1 heteroatoms. The van der Waals surface area contributed by atoms with Gasteiger partial charge in [-0.25, -0.2) is 0 Å². The maximum atomic E-state index is 10.2. The van der Waals surface area contributed by atoms with Crippen LogP contribution >= 0.6 is 0 Å². The highest BCUT2D eigenvalue weighted by molar-refractivity contribution is 5.21. The lowest BCUT2D eigenvalue weighted by Gasteiger charge is -2.61. The van der Waals surface area contributed by atoms with Crippen molar-refractivity contribution in [3.8, 4) is 0 Å². The van der Waals surface area contributed by atoms with E-state index >= 15 is 0 Å². The molecule has 0 aromatic heterocycles. The normalized spacial score (nSPS) is 53.6. The van der Waals surface area contributed by atoms with E-state index in [0.29, 0.717) is 16.7 Å². The van der Waals surface area contributed by atoms with E-state index in [2.05, 4.69) is 33.1 Å². The molecule has 1 nitrogen and oxygen atoms in total. The molecule has 4 fully saturated rings. The summed E-state index contributed by atoms with van der Waals surface area (Å²) in [5, 5.41) is 10.2. The van der Waals surface area contributed by atoms with Gasteiger partial charge in [0.1, 0.15) is 0 Å². The van der Waals surface area contributed by atoms with Crippen LogP contribution in [0.1, 0.15) is 71.6 Å². The van der Waals surface area contributed by atoms with Crippen molar-refractivity contribution in [3.05, 3.63) is 24.8 Å². The molecular formula is C23H36O. The molecule has 0 amide bonds. The SMILES string of the molecule is C=C[C@]12CC[C@H]3[C@@H](CC[C@H]4C[C@H](O)CC[C@@]43C)[C@@H]1CC[C@@H]2C(=C)C. The summed E-state index contributed by atoms with van der Waals surface area (Å²) in [4.78, 5) is 0. The average molecular weight is 329 g/mol. The minimum absolute atomic E-state index is 0.0326. The first-order valence-electron chi connectivity index (χ1n) is 10.4. The molecule has 0 aromatic carbocycles. The molecule has 0 bridgehead atoms. The Labute approximate surface area is 148 Å². The Kier molecular flexibility index (Phi) is 4.03. The molecule has 4 rings (SSSR count). The van der Waals surface area contributed by atoms with E-state index in [1.807, 2.05) is 0 Å². The fraction of sp³-hybridized carbons (Fsp3) is 0.826. The number of allylic oxidation sites excluding steroid dienone is 2. The molecule has 134 valence electrons. The Hall–Kier alpha value is -0.560. The Morgan fingerprint density at radius 3 is 2.54 bits per heavy atom. The van der Waals surface area contributed by atoms with Gasteiger partial charge >= 0.3 is 0 Å². The number of aliphatic hydroxyl groups is 1. The zero-order valence-corrected chi connectivity index (χ0v) is 15.8. The molecule has 8 atom stereocenters. The molecule has 0 radical (unpaired) electrons. The first-order chi connectivity index (χ1) is 11.4. The smallest absolute Gasteiger partial charge is 0.0543 e. The summed E-state index contributed by atoms with van der Waals surface area (Å²) in [6, 6.07) is 0. The lowest BCUT2D eigenvalue weighted by molar-refractivity contribution is -0.119. The fourth-order valence-corrected chi connectivity index (χ4v) is 8.06. The first kappa shape index (κ1) is 16.9. The van der Waals surface area contributed by atoms with Crippen LogP contribution in [-0.2, 0) is 0 Å². The third-order valence-electron chi connectivity index (χ3n) is 9.20. The van der Waals surface area contributed by atoms with E-state index in [4.69, 9.17) is 0 Å². The van der Waals surface area contributed by atoms with E-state index in [1.54, 1.807) is 0 Å². The van der Waals surface area contributed by atoms with Crippen LogP contribution < -0.4 is 0 Å². The Balaban J connectivity index is 1.65. The number of hydrogen-bond donors (Lipinski definition) is 1. The van der Waals surface area contributed by atoms with Crippen LogP contribution in [0.4, 0.5) is 0 Å². The average Bonchev–Trinajstić information content (AvgIpc) is 2.95. The van der Waals surface area contributed by atoms with Gasteiger partial charge in [-0.15, -0.1) is 6.58 Å². The molecule has 0 aromatic rings. The minimum Gasteiger partial charge on any atom is -0.393 e. The maximum Gasteiger partial charge on any atom is 0.0543 e. The van der Waals surface area contributed by atoms with Gasteiger partial charge in [0, 0.05) is 0 Å². The summed E-state index contributed by atoms with van der Waals surface area (Å²) >= 11 is 0. The van der Waals surface area contributed by atoms with Gasteiger partial charge in [-0.1, -0.05) is 25.2 Å². The van der Waals surface area contributed by atoms with Gasteiger partial charge in [0.05, 0.1) is 6.10 Å². The minimum atomic E-state index is -0.0326. The van der Waals surface area contributed by atoms with Crippen LogP contribution in [0, 0.1) is 40.4 Å². The summed E-state index contributed by atoms with van der Waals surface area (Å²) < 4.78 is 0. The largest absolute Gasteiger partial charge is 0.393 e. The quantitative estimate of drug-likeness (QED) is 0.640. The van der Waals surface area contributed by atoms with E-state index in [1.165, 1.54) is 50.5 Å². The van der Waals surface area contributed by atoms with Crippen LogP contribution in [0.25, 0.3) is 0 Å². The zero-order valence-electron chi connectivity index (χ0n) is 15.8. The molecule has 1 N–H and O–H groups in total. The molecule has 0 heterocycles. The third kappa shape index (κ3) is 2.16. The van der Waals surface area contributed by atoms with Crippen molar-refractivity contribution in [1.29, 1.82) is 0 Å². The van der Waals surface area contributed by atoms with Crippen LogP contribution in [0.3, 0.4) is 0 Å². The van der Waals surface area contributed by atoms with Gasteiger partial charge < -0.3 is 5.11 Å². The third-order valence-corrected chi connectivity index (χ3v) is 9.20. The monoisotopic (exact) mass is 328 g/mol. The highest BCUT2D eigenvalue weighted by atomic mass is 16.3. The number of hydrogen-bond acceptors (Lipinski definition) is 1. The molecule has 4 aliphatic carbocycles. The molecule has 0 saturated heterocycles. The number of rotatable bonds is 2. The summed E-state index contributed by atoms with van der Waals surface area (Å²) in [6.07, 6.45) is 13.8. The molecule has 4 aliphatic rings. The van der Waals surface area contributed by atoms with Gasteiger partial charge in [0.15, 0.2) is 0 Å². The van der Waals surface area contributed by atoms with Crippen molar-refractivity contribution < 1.29 is 5.11 Å². The molecular weight excluding hydrogens is 292 g/mol. The van der Waals surface area contributed by atoms with Crippen molar-refractivity contribution in [2.45, 2.75) is 77.7 Å². The van der Waals surface area contributed by atoms with Crippen molar-refractivity contribution in [1.82, 2.24) is 0 Å². The van der Waals surface area contributed by atoms with E-state index < -0.39 is 0 Å². The molecule has 0 aliphatic heterocycles. The summed E-state index contributed by atoms with van der Waals surface area (Å²) in [5.74, 6) is 4.03. The summed E-state index contributed by atoms with van der Waals surface area (Å²) in [7, 11) is 0. The van der Waals surface area contributed by atoms with Crippen molar-refractivity contribution in [2.75, 3.05) is 0 Å². The topological polar surface area (TPSA) is 20.2 Å². The van der Waals surface area contributed by atoms with E-state index in [0.717, 1.165) is 36.5 Å². The second-order valence-electron chi connectivity index (χ2n) is 9.92. The lowest BCUT2D eigenvalue weighted by atomic mass is 9.44. The predicted octanol–water partition coefficient (Wildman–Crippen LogP) is 5.75.